The van der Waals surface area contributed by atoms with Gasteiger partial charge in [-0.15, -0.1) is 5.10 Å². The molecule has 130 valence electrons. The summed E-state index contributed by atoms with van der Waals surface area (Å²) < 4.78 is 0. The first-order valence-corrected chi connectivity index (χ1v) is 9.06. The molecule has 0 bridgehead atoms. The van der Waals surface area contributed by atoms with Crippen LogP contribution in [-0.2, 0) is 0 Å². The number of benzene rings is 1. The fraction of sp³-hybridized carbons (Fsp3) is 0.450. The average Bonchev–Trinajstić information content (AvgIpc) is 3.46. The van der Waals surface area contributed by atoms with Crippen LogP contribution < -0.4 is 4.90 Å². The van der Waals surface area contributed by atoms with Gasteiger partial charge in [0.05, 0.1) is 5.69 Å². The van der Waals surface area contributed by atoms with E-state index in [4.69, 9.17) is 0 Å². The van der Waals surface area contributed by atoms with Crippen LogP contribution in [0.3, 0.4) is 0 Å². The highest BCUT2D eigenvalue weighted by Crippen LogP contribution is 2.38. The van der Waals surface area contributed by atoms with E-state index in [1.54, 1.807) is 0 Å². The van der Waals surface area contributed by atoms with Crippen molar-refractivity contribution < 1.29 is 4.79 Å². The highest BCUT2D eigenvalue weighted by molar-refractivity contribution is 5.94. The third kappa shape index (κ3) is 3.50. The van der Waals surface area contributed by atoms with Crippen LogP contribution >= 0.6 is 0 Å². The predicted octanol–water partition coefficient (Wildman–Crippen LogP) is 2.93. The Morgan fingerprint density at radius 3 is 2.20 bits per heavy atom. The standard InChI is InChI=1S/C20H24N4O/c1-14-11-15(2)13-17(12-14)20(25)24-9-7-23(8-10-24)19-6-5-18(21-22-19)16-3-4-16/h5-6,11-13,16H,3-4,7-10H2,1-2H3. The summed E-state index contributed by atoms with van der Waals surface area (Å²) in [6.45, 7) is 7.11. The van der Waals surface area contributed by atoms with E-state index in [1.807, 2.05) is 30.9 Å². The summed E-state index contributed by atoms with van der Waals surface area (Å²) in [5.41, 5.74) is 4.17. The first-order chi connectivity index (χ1) is 12.1. The zero-order valence-corrected chi connectivity index (χ0v) is 14.9. The molecule has 1 saturated carbocycles. The molecule has 1 amide bonds. The van der Waals surface area contributed by atoms with Gasteiger partial charge in [0.15, 0.2) is 5.82 Å². The minimum atomic E-state index is 0.126. The summed E-state index contributed by atoms with van der Waals surface area (Å²) in [6, 6.07) is 10.2. The molecule has 1 aliphatic carbocycles. The monoisotopic (exact) mass is 336 g/mol. The van der Waals surface area contributed by atoms with Gasteiger partial charge in [-0.1, -0.05) is 17.2 Å². The Kier molecular flexibility index (Phi) is 4.15. The highest BCUT2D eigenvalue weighted by atomic mass is 16.2. The van der Waals surface area contributed by atoms with Crippen LogP contribution in [0, 0.1) is 13.8 Å². The number of nitrogens with zero attached hydrogens (tertiary/aromatic N) is 4. The van der Waals surface area contributed by atoms with Gasteiger partial charge >= 0.3 is 0 Å². The zero-order chi connectivity index (χ0) is 17.4. The SMILES string of the molecule is Cc1cc(C)cc(C(=O)N2CCN(c3ccc(C4CC4)nn3)CC2)c1. The third-order valence-electron chi connectivity index (χ3n) is 5.03. The molecule has 1 aliphatic heterocycles. The van der Waals surface area contributed by atoms with E-state index < -0.39 is 0 Å². The molecule has 0 unspecified atom stereocenters. The molecule has 0 atom stereocenters. The molecular formula is C20H24N4O. The number of aryl methyl sites for hydroxylation is 2. The van der Waals surface area contributed by atoms with Crippen molar-refractivity contribution in [3.63, 3.8) is 0 Å². The van der Waals surface area contributed by atoms with Crippen molar-refractivity contribution >= 4 is 11.7 Å². The lowest BCUT2D eigenvalue weighted by atomic mass is 10.1. The van der Waals surface area contributed by atoms with Crippen molar-refractivity contribution in [3.8, 4) is 0 Å². The van der Waals surface area contributed by atoms with E-state index in [9.17, 15) is 4.79 Å². The van der Waals surface area contributed by atoms with Crippen molar-refractivity contribution in [2.24, 2.45) is 0 Å². The van der Waals surface area contributed by atoms with Crippen molar-refractivity contribution in [2.75, 3.05) is 31.1 Å². The maximum absolute atomic E-state index is 12.8. The molecule has 5 heteroatoms. The molecule has 2 aliphatic rings. The molecule has 1 aromatic carbocycles. The zero-order valence-electron chi connectivity index (χ0n) is 14.9. The largest absolute Gasteiger partial charge is 0.352 e. The minimum Gasteiger partial charge on any atom is -0.352 e. The van der Waals surface area contributed by atoms with Crippen molar-refractivity contribution in [1.29, 1.82) is 0 Å². The minimum absolute atomic E-state index is 0.126. The Labute approximate surface area is 148 Å². The Balaban J connectivity index is 1.39. The Morgan fingerprint density at radius 2 is 1.64 bits per heavy atom. The van der Waals surface area contributed by atoms with E-state index in [0.717, 1.165) is 54.4 Å². The summed E-state index contributed by atoms with van der Waals surface area (Å²) in [4.78, 5) is 16.9. The lowest BCUT2D eigenvalue weighted by molar-refractivity contribution is 0.0746. The van der Waals surface area contributed by atoms with Gasteiger partial charge in [-0.05, 0) is 51.0 Å². The van der Waals surface area contributed by atoms with Crippen LogP contribution in [0.5, 0.6) is 0 Å². The summed E-state index contributed by atoms with van der Waals surface area (Å²) in [6.07, 6.45) is 2.49. The van der Waals surface area contributed by atoms with E-state index in [2.05, 4.69) is 33.3 Å². The molecule has 0 spiro atoms. The molecule has 1 aromatic heterocycles. The van der Waals surface area contributed by atoms with E-state index in [-0.39, 0.29) is 5.91 Å². The molecule has 2 aromatic rings. The lowest BCUT2D eigenvalue weighted by Gasteiger charge is -2.35. The number of amides is 1. The van der Waals surface area contributed by atoms with Gasteiger partial charge in [-0.3, -0.25) is 4.79 Å². The second-order valence-corrected chi connectivity index (χ2v) is 7.25. The number of carbonyl (C=O) groups excluding carboxylic acids is 1. The Bertz CT molecular complexity index is 755. The summed E-state index contributed by atoms with van der Waals surface area (Å²) >= 11 is 0. The molecule has 0 N–H and O–H groups in total. The van der Waals surface area contributed by atoms with Crippen molar-refractivity contribution in [1.82, 2.24) is 15.1 Å². The maximum atomic E-state index is 12.8. The van der Waals surface area contributed by atoms with Crippen molar-refractivity contribution in [2.45, 2.75) is 32.6 Å². The van der Waals surface area contributed by atoms with Gasteiger partial charge in [-0.2, -0.15) is 5.10 Å². The number of piperazine rings is 1. The number of aromatic nitrogens is 2. The number of rotatable bonds is 3. The smallest absolute Gasteiger partial charge is 0.253 e. The molecule has 2 heterocycles. The van der Waals surface area contributed by atoms with Crippen LogP contribution in [0.2, 0.25) is 0 Å². The van der Waals surface area contributed by atoms with Crippen LogP contribution in [-0.4, -0.2) is 47.2 Å². The first-order valence-electron chi connectivity index (χ1n) is 9.06. The Hall–Kier alpha value is -2.43. The lowest BCUT2D eigenvalue weighted by Crippen LogP contribution is -2.49. The molecule has 25 heavy (non-hydrogen) atoms. The number of hydrogen-bond donors (Lipinski definition) is 0. The highest BCUT2D eigenvalue weighted by Gasteiger charge is 2.26. The molecule has 0 radical (unpaired) electrons. The maximum Gasteiger partial charge on any atom is 0.253 e. The summed E-state index contributed by atoms with van der Waals surface area (Å²) in [5.74, 6) is 1.68. The third-order valence-corrected chi connectivity index (χ3v) is 5.03. The number of anilines is 1. The fourth-order valence-electron chi connectivity index (χ4n) is 3.52. The van der Waals surface area contributed by atoms with Gasteiger partial charge in [0.1, 0.15) is 0 Å². The average molecular weight is 336 g/mol. The van der Waals surface area contributed by atoms with E-state index >= 15 is 0 Å². The van der Waals surface area contributed by atoms with Gasteiger partial charge in [0, 0.05) is 37.7 Å². The Morgan fingerprint density at radius 1 is 0.960 bits per heavy atom. The van der Waals surface area contributed by atoms with Gasteiger partial charge in [0.2, 0.25) is 0 Å². The van der Waals surface area contributed by atoms with Crippen LogP contribution in [0.15, 0.2) is 30.3 Å². The van der Waals surface area contributed by atoms with Crippen molar-refractivity contribution in [3.05, 3.63) is 52.7 Å². The number of hydrogen-bond acceptors (Lipinski definition) is 4. The first kappa shape index (κ1) is 16.1. The van der Waals surface area contributed by atoms with E-state index in [0.29, 0.717) is 5.92 Å². The van der Waals surface area contributed by atoms with E-state index in [1.165, 1.54) is 12.8 Å². The number of carbonyl (C=O) groups is 1. The molecule has 4 rings (SSSR count). The quantitative estimate of drug-likeness (QED) is 0.865. The van der Waals surface area contributed by atoms with Gasteiger partial charge in [-0.25, -0.2) is 0 Å². The topological polar surface area (TPSA) is 49.3 Å². The summed E-state index contributed by atoms with van der Waals surface area (Å²) in [7, 11) is 0. The van der Waals surface area contributed by atoms with Crippen LogP contribution in [0.4, 0.5) is 5.82 Å². The second kappa shape index (κ2) is 6.47. The van der Waals surface area contributed by atoms with Crippen LogP contribution in [0.1, 0.15) is 45.9 Å². The van der Waals surface area contributed by atoms with Gasteiger partial charge in [0.25, 0.3) is 5.91 Å². The predicted molar refractivity (Wildman–Crippen MR) is 98.0 cm³/mol. The van der Waals surface area contributed by atoms with Gasteiger partial charge < -0.3 is 9.80 Å². The molecular weight excluding hydrogens is 312 g/mol. The normalized spacial score (nSPS) is 17.7. The summed E-state index contributed by atoms with van der Waals surface area (Å²) in [5, 5.41) is 8.75. The molecule has 2 fully saturated rings. The fourth-order valence-corrected chi connectivity index (χ4v) is 3.52. The molecule has 5 nitrogen and oxygen atoms in total. The second-order valence-electron chi connectivity index (χ2n) is 7.25. The molecule has 1 saturated heterocycles. The van der Waals surface area contributed by atoms with Crippen LogP contribution in [0.25, 0.3) is 0 Å².